The van der Waals surface area contributed by atoms with E-state index in [9.17, 15) is 4.79 Å². The van der Waals surface area contributed by atoms with E-state index in [0.717, 1.165) is 9.99 Å². The molecule has 0 aliphatic rings. The SMILES string of the molecule is O=C(Nc1cc(Br)cnc1Cl)c1cnn2ccccc12. The van der Waals surface area contributed by atoms with Gasteiger partial charge in [-0.2, -0.15) is 5.10 Å². The second kappa shape index (κ2) is 5.22. The number of carbonyl (C=O) groups excluding carboxylic acids is 1. The van der Waals surface area contributed by atoms with Gasteiger partial charge in [0.05, 0.1) is 23.0 Å². The third-order valence-electron chi connectivity index (χ3n) is 2.73. The minimum absolute atomic E-state index is 0.234. The van der Waals surface area contributed by atoms with Crippen molar-refractivity contribution in [2.24, 2.45) is 0 Å². The Bertz CT molecular complexity index is 802. The number of nitrogens with one attached hydrogen (secondary N) is 1. The second-order valence-corrected chi connectivity index (χ2v) is 5.31. The Kier molecular flexibility index (Phi) is 3.42. The number of aromatic nitrogens is 3. The summed E-state index contributed by atoms with van der Waals surface area (Å²) in [4.78, 5) is 16.2. The van der Waals surface area contributed by atoms with Crippen molar-refractivity contribution >= 4 is 44.6 Å². The van der Waals surface area contributed by atoms with Crippen LogP contribution in [-0.4, -0.2) is 20.5 Å². The Morgan fingerprint density at radius 1 is 1.35 bits per heavy atom. The normalized spacial score (nSPS) is 10.7. The topological polar surface area (TPSA) is 59.3 Å². The van der Waals surface area contributed by atoms with Gasteiger partial charge >= 0.3 is 0 Å². The molecule has 1 N–H and O–H groups in total. The predicted octanol–water partition coefficient (Wildman–Crippen LogP) is 3.40. The number of carbonyl (C=O) groups is 1. The Balaban J connectivity index is 1.95. The Hall–Kier alpha value is -1.92. The van der Waals surface area contributed by atoms with E-state index in [0.29, 0.717) is 11.3 Å². The van der Waals surface area contributed by atoms with Crippen LogP contribution in [0.1, 0.15) is 10.4 Å². The monoisotopic (exact) mass is 350 g/mol. The summed E-state index contributed by atoms with van der Waals surface area (Å²) in [6, 6.07) is 7.21. The summed E-state index contributed by atoms with van der Waals surface area (Å²) in [5, 5.41) is 7.08. The summed E-state index contributed by atoms with van der Waals surface area (Å²) in [6.45, 7) is 0. The molecule has 0 saturated carbocycles. The summed E-state index contributed by atoms with van der Waals surface area (Å²) in [7, 11) is 0. The van der Waals surface area contributed by atoms with Crippen molar-refractivity contribution in [3.63, 3.8) is 0 Å². The first-order valence-electron chi connectivity index (χ1n) is 5.70. The number of amides is 1. The minimum atomic E-state index is -0.284. The fourth-order valence-corrected chi connectivity index (χ4v) is 2.29. The molecule has 3 aromatic heterocycles. The van der Waals surface area contributed by atoms with Crippen LogP contribution in [0.4, 0.5) is 5.69 Å². The summed E-state index contributed by atoms with van der Waals surface area (Å²) in [5.74, 6) is -0.284. The van der Waals surface area contributed by atoms with E-state index < -0.39 is 0 Å². The van der Waals surface area contributed by atoms with Crippen LogP contribution in [0.2, 0.25) is 5.15 Å². The second-order valence-electron chi connectivity index (χ2n) is 4.03. The van der Waals surface area contributed by atoms with Gasteiger partial charge in [-0.05, 0) is 34.1 Å². The molecule has 20 heavy (non-hydrogen) atoms. The molecule has 0 radical (unpaired) electrons. The molecule has 0 saturated heterocycles. The maximum Gasteiger partial charge on any atom is 0.259 e. The molecule has 3 aromatic rings. The molecule has 5 nitrogen and oxygen atoms in total. The van der Waals surface area contributed by atoms with Gasteiger partial charge < -0.3 is 5.32 Å². The first-order chi connectivity index (χ1) is 9.65. The highest BCUT2D eigenvalue weighted by Crippen LogP contribution is 2.24. The zero-order valence-electron chi connectivity index (χ0n) is 10.0. The fourth-order valence-electron chi connectivity index (χ4n) is 1.81. The Morgan fingerprint density at radius 3 is 3.05 bits per heavy atom. The molecule has 0 aliphatic carbocycles. The van der Waals surface area contributed by atoms with Gasteiger partial charge in [0, 0.05) is 16.9 Å². The molecule has 0 fully saturated rings. The molecule has 1 amide bonds. The molecule has 0 aromatic carbocycles. The van der Waals surface area contributed by atoms with Crippen LogP contribution < -0.4 is 5.32 Å². The van der Waals surface area contributed by atoms with Crippen LogP contribution in [0.3, 0.4) is 0 Å². The van der Waals surface area contributed by atoms with E-state index in [4.69, 9.17) is 11.6 Å². The van der Waals surface area contributed by atoms with E-state index in [1.54, 1.807) is 23.0 Å². The molecule has 0 spiro atoms. The van der Waals surface area contributed by atoms with Crippen LogP contribution in [0.25, 0.3) is 5.52 Å². The molecule has 0 unspecified atom stereocenters. The van der Waals surface area contributed by atoms with Gasteiger partial charge in [-0.15, -0.1) is 0 Å². The molecule has 3 rings (SSSR count). The van der Waals surface area contributed by atoms with Crippen molar-refractivity contribution < 1.29 is 4.79 Å². The number of halogens is 2. The van der Waals surface area contributed by atoms with Gasteiger partial charge in [-0.25, -0.2) is 9.50 Å². The van der Waals surface area contributed by atoms with E-state index in [2.05, 4.69) is 31.3 Å². The van der Waals surface area contributed by atoms with Gasteiger partial charge in [-0.1, -0.05) is 17.7 Å². The van der Waals surface area contributed by atoms with Gasteiger partial charge in [0.25, 0.3) is 5.91 Å². The molecular weight excluding hydrogens is 344 g/mol. The lowest BCUT2D eigenvalue weighted by molar-refractivity contribution is 0.102. The molecule has 3 heterocycles. The average Bonchev–Trinajstić information content (AvgIpc) is 2.87. The lowest BCUT2D eigenvalue weighted by atomic mass is 10.2. The van der Waals surface area contributed by atoms with Crippen molar-refractivity contribution in [1.82, 2.24) is 14.6 Å². The first kappa shape index (κ1) is 13.1. The smallest absolute Gasteiger partial charge is 0.259 e. The Labute approximate surface area is 127 Å². The molecule has 0 bridgehead atoms. The van der Waals surface area contributed by atoms with Crippen molar-refractivity contribution in [2.75, 3.05) is 5.32 Å². The average molecular weight is 352 g/mol. The zero-order valence-corrected chi connectivity index (χ0v) is 12.4. The number of fused-ring (bicyclic) bond motifs is 1. The fraction of sp³-hybridized carbons (Fsp3) is 0. The standard InChI is InChI=1S/C13H8BrClN4O/c14-8-5-10(12(15)16-6-8)18-13(20)9-7-17-19-4-2-1-3-11(9)19/h1-7H,(H,18,20). The third-order valence-corrected chi connectivity index (χ3v) is 3.46. The summed E-state index contributed by atoms with van der Waals surface area (Å²) >= 11 is 9.24. The number of anilines is 1. The van der Waals surface area contributed by atoms with E-state index in [-0.39, 0.29) is 11.1 Å². The summed E-state index contributed by atoms with van der Waals surface area (Å²) in [5.41, 5.74) is 1.65. The number of rotatable bonds is 2. The minimum Gasteiger partial charge on any atom is -0.319 e. The Morgan fingerprint density at radius 2 is 2.20 bits per heavy atom. The number of hydrogen-bond donors (Lipinski definition) is 1. The van der Waals surface area contributed by atoms with Crippen molar-refractivity contribution in [3.8, 4) is 0 Å². The van der Waals surface area contributed by atoms with Crippen LogP contribution in [0.5, 0.6) is 0 Å². The van der Waals surface area contributed by atoms with Crippen LogP contribution in [0.15, 0.2) is 47.3 Å². The lowest BCUT2D eigenvalue weighted by Crippen LogP contribution is -2.12. The maximum absolute atomic E-state index is 12.3. The van der Waals surface area contributed by atoms with Crippen LogP contribution >= 0.6 is 27.5 Å². The number of pyridine rings is 2. The van der Waals surface area contributed by atoms with Crippen molar-refractivity contribution in [1.29, 1.82) is 0 Å². The molecule has 0 atom stereocenters. The highest BCUT2D eigenvalue weighted by molar-refractivity contribution is 9.10. The highest BCUT2D eigenvalue weighted by atomic mass is 79.9. The van der Waals surface area contributed by atoms with E-state index in [1.165, 1.54) is 6.20 Å². The molecule has 7 heteroatoms. The number of nitrogens with zero attached hydrogens (tertiary/aromatic N) is 3. The predicted molar refractivity (Wildman–Crippen MR) is 80.1 cm³/mol. The molecule has 100 valence electrons. The highest BCUT2D eigenvalue weighted by Gasteiger charge is 2.14. The summed E-state index contributed by atoms with van der Waals surface area (Å²) < 4.78 is 2.37. The van der Waals surface area contributed by atoms with Crippen molar-refractivity contribution in [3.05, 3.63) is 58.0 Å². The van der Waals surface area contributed by atoms with E-state index in [1.807, 2.05) is 18.2 Å². The zero-order chi connectivity index (χ0) is 14.1. The van der Waals surface area contributed by atoms with Gasteiger partial charge in [0.2, 0.25) is 0 Å². The molecule has 0 aliphatic heterocycles. The van der Waals surface area contributed by atoms with Gasteiger partial charge in [-0.3, -0.25) is 4.79 Å². The third kappa shape index (κ3) is 2.39. The van der Waals surface area contributed by atoms with Gasteiger partial charge in [0.1, 0.15) is 0 Å². The largest absolute Gasteiger partial charge is 0.319 e. The lowest BCUT2D eigenvalue weighted by Gasteiger charge is -2.06. The maximum atomic E-state index is 12.3. The van der Waals surface area contributed by atoms with E-state index >= 15 is 0 Å². The van der Waals surface area contributed by atoms with Crippen LogP contribution in [-0.2, 0) is 0 Å². The van der Waals surface area contributed by atoms with Crippen LogP contribution in [0, 0.1) is 0 Å². The number of hydrogen-bond acceptors (Lipinski definition) is 3. The van der Waals surface area contributed by atoms with Crippen molar-refractivity contribution in [2.45, 2.75) is 0 Å². The van der Waals surface area contributed by atoms with Gasteiger partial charge in [0.15, 0.2) is 5.15 Å². The molecular formula is C13H8BrClN4O. The quantitative estimate of drug-likeness (QED) is 0.720. The first-order valence-corrected chi connectivity index (χ1v) is 6.87. The summed E-state index contributed by atoms with van der Waals surface area (Å²) in [6.07, 6.45) is 4.86.